The van der Waals surface area contributed by atoms with Gasteiger partial charge in [0.2, 0.25) is 11.3 Å². The van der Waals surface area contributed by atoms with E-state index in [1.807, 2.05) is 0 Å². The summed E-state index contributed by atoms with van der Waals surface area (Å²) in [5.41, 5.74) is 6.13. The average Bonchev–Trinajstić information content (AvgIpc) is 2.63. The van der Waals surface area contributed by atoms with Crippen molar-refractivity contribution in [2.45, 2.75) is 0 Å². The van der Waals surface area contributed by atoms with Gasteiger partial charge in [0, 0.05) is 14.1 Å². The number of anilines is 2. The van der Waals surface area contributed by atoms with E-state index in [4.69, 9.17) is 5.84 Å². The molecule has 0 aromatic carbocycles. The lowest BCUT2D eigenvalue weighted by atomic mass is 10.5. The van der Waals surface area contributed by atoms with Crippen LogP contribution in [-0.2, 0) is 0 Å². The maximum absolute atomic E-state index is 5.59. The summed E-state index contributed by atoms with van der Waals surface area (Å²) in [6.07, 6.45) is 0. The van der Waals surface area contributed by atoms with Gasteiger partial charge in [-0.25, -0.2) is 15.9 Å². The Balaban J connectivity index is 2.57. The number of nitrogens with zero attached hydrogens (tertiary/aromatic N) is 5. The minimum atomic E-state index is 0.309. The van der Waals surface area contributed by atoms with Crippen LogP contribution in [0.5, 0.6) is 0 Å². The standard InChI is InChI=1S/C6H10N8O/c1-8-11-5-6(14(2)7)10-4-3(9-5)12-15-13-4/h8H,7H2,1-2H3,(H,9,11,12). The molecule has 0 spiro atoms. The van der Waals surface area contributed by atoms with Gasteiger partial charge in [0.15, 0.2) is 11.6 Å². The van der Waals surface area contributed by atoms with Gasteiger partial charge in [-0.15, -0.1) is 0 Å². The second-order valence-electron chi connectivity index (χ2n) is 2.79. The minimum absolute atomic E-state index is 0.309. The fourth-order valence-corrected chi connectivity index (χ4v) is 1.08. The number of nitrogens with one attached hydrogen (secondary N) is 2. The van der Waals surface area contributed by atoms with Gasteiger partial charge in [-0.1, -0.05) is 0 Å². The van der Waals surface area contributed by atoms with E-state index in [0.29, 0.717) is 22.9 Å². The third-order valence-electron chi connectivity index (χ3n) is 1.67. The molecule has 15 heavy (non-hydrogen) atoms. The second kappa shape index (κ2) is 3.63. The number of hydrogen-bond acceptors (Lipinski definition) is 9. The first-order chi connectivity index (χ1) is 7.22. The predicted octanol–water partition coefficient (Wildman–Crippen LogP) is -1.13. The van der Waals surface area contributed by atoms with Crippen molar-refractivity contribution in [3.8, 4) is 0 Å². The molecule has 0 aliphatic heterocycles. The first-order valence-corrected chi connectivity index (χ1v) is 4.14. The fraction of sp³-hybridized carbons (Fsp3) is 0.333. The first-order valence-electron chi connectivity index (χ1n) is 4.14. The molecule has 9 nitrogen and oxygen atoms in total. The highest BCUT2D eigenvalue weighted by molar-refractivity contribution is 5.73. The van der Waals surface area contributed by atoms with Gasteiger partial charge in [-0.05, 0) is 10.3 Å². The largest absolute Gasteiger partial charge is 0.303 e. The molecular weight excluding hydrogens is 200 g/mol. The van der Waals surface area contributed by atoms with Crippen molar-refractivity contribution in [3.63, 3.8) is 0 Å². The Hall–Kier alpha value is -2.00. The Bertz CT molecular complexity index is 465. The molecule has 0 saturated heterocycles. The van der Waals surface area contributed by atoms with Crippen LogP contribution in [0, 0.1) is 0 Å². The highest BCUT2D eigenvalue weighted by Crippen LogP contribution is 2.19. The van der Waals surface area contributed by atoms with Crippen LogP contribution in [-0.4, -0.2) is 34.4 Å². The fourth-order valence-electron chi connectivity index (χ4n) is 1.08. The molecule has 0 radical (unpaired) electrons. The third-order valence-corrected chi connectivity index (χ3v) is 1.67. The van der Waals surface area contributed by atoms with E-state index < -0.39 is 0 Å². The van der Waals surface area contributed by atoms with E-state index in [0.717, 1.165) is 0 Å². The summed E-state index contributed by atoms with van der Waals surface area (Å²) in [5, 5.41) is 8.47. The van der Waals surface area contributed by atoms with Crippen molar-refractivity contribution >= 4 is 22.9 Å². The maximum atomic E-state index is 5.59. The Morgan fingerprint density at radius 3 is 2.53 bits per heavy atom. The molecule has 9 heteroatoms. The molecule has 2 rings (SSSR count). The molecule has 0 aliphatic carbocycles. The van der Waals surface area contributed by atoms with Crippen LogP contribution in [0.4, 0.5) is 11.6 Å². The van der Waals surface area contributed by atoms with Crippen molar-refractivity contribution in [3.05, 3.63) is 0 Å². The number of rotatable bonds is 3. The van der Waals surface area contributed by atoms with Crippen LogP contribution in [0.2, 0.25) is 0 Å². The molecule has 0 aliphatic rings. The van der Waals surface area contributed by atoms with Crippen molar-refractivity contribution in [1.29, 1.82) is 0 Å². The monoisotopic (exact) mass is 210 g/mol. The smallest absolute Gasteiger partial charge is 0.245 e. The van der Waals surface area contributed by atoms with Crippen LogP contribution in [0.15, 0.2) is 4.63 Å². The van der Waals surface area contributed by atoms with Crippen molar-refractivity contribution in [2.24, 2.45) is 5.84 Å². The Morgan fingerprint density at radius 2 is 1.93 bits per heavy atom. The Morgan fingerprint density at radius 1 is 1.27 bits per heavy atom. The zero-order chi connectivity index (χ0) is 10.8. The molecular formula is C6H10N8O. The van der Waals surface area contributed by atoms with Gasteiger partial charge in [0.1, 0.15) is 0 Å². The highest BCUT2D eigenvalue weighted by atomic mass is 16.6. The molecule has 0 unspecified atom stereocenters. The second-order valence-corrected chi connectivity index (χ2v) is 2.79. The molecule has 2 heterocycles. The number of nitrogens with two attached hydrogens (primary N) is 1. The van der Waals surface area contributed by atoms with Gasteiger partial charge >= 0.3 is 0 Å². The van der Waals surface area contributed by atoms with E-state index in [-0.39, 0.29) is 0 Å². The topological polar surface area (TPSA) is 118 Å². The minimum Gasteiger partial charge on any atom is -0.303 e. The lowest BCUT2D eigenvalue weighted by Crippen LogP contribution is -2.29. The van der Waals surface area contributed by atoms with Gasteiger partial charge in [-0.3, -0.25) is 5.01 Å². The van der Waals surface area contributed by atoms with E-state index in [2.05, 4.69) is 35.8 Å². The third kappa shape index (κ3) is 1.65. The highest BCUT2D eigenvalue weighted by Gasteiger charge is 2.13. The van der Waals surface area contributed by atoms with E-state index in [1.165, 1.54) is 5.01 Å². The molecule has 2 aromatic heterocycles. The lowest BCUT2D eigenvalue weighted by molar-refractivity contribution is 0.314. The van der Waals surface area contributed by atoms with E-state index >= 15 is 0 Å². The molecule has 0 bridgehead atoms. The van der Waals surface area contributed by atoms with Crippen LogP contribution in [0.3, 0.4) is 0 Å². The van der Waals surface area contributed by atoms with Gasteiger partial charge in [-0.2, -0.15) is 9.97 Å². The predicted molar refractivity (Wildman–Crippen MR) is 52.7 cm³/mol. The Kier molecular flexibility index (Phi) is 2.31. The quantitative estimate of drug-likeness (QED) is 0.427. The molecule has 0 saturated carbocycles. The number of aromatic nitrogens is 4. The van der Waals surface area contributed by atoms with Crippen LogP contribution in [0.1, 0.15) is 0 Å². The van der Waals surface area contributed by atoms with Crippen molar-refractivity contribution in [1.82, 2.24) is 25.7 Å². The van der Waals surface area contributed by atoms with Gasteiger partial charge in [0.25, 0.3) is 0 Å². The number of hydrogen-bond donors (Lipinski definition) is 3. The van der Waals surface area contributed by atoms with E-state index in [9.17, 15) is 0 Å². The molecule has 0 fully saturated rings. The van der Waals surface area contributed by atoms with Gasteiger partial charge < -0.3 is 5.43 Å². The zero-order valence-corrected chi connectivity index (χ0v) is 8.22. The summed E-state index contributed by atoms with van der Waals surface area (Å²) in [6, 6.07) is 0. The van der Waals surface area contributed by atoms with E-state index in [1.54, 1.807) is 14.1 Å². The van der Waals surface area contributed by atoms with Crippen molar-refractivity contribution < 1.29 is 4.63 Å². The summed E-state index contributed by atoms with van der Waals surface area (Å²) in [4.78, 5) is 8.24. The normalized spacial score (nSPS) is 10.6. The Labute approximate surface area is 84.6 Å². The number of fused-ring (bicyclic) bond motifs is 1. The summed E-state index contributed by atoms with van der Waals surface area (Å²) in [6.45, 7) is 0. The van der Waals surface area contributed by atoms with Crippen molar-refractivity contribution in [2.75, 3.05) is 24.5 Å². The number of hydrazine groups is 2. The molecule has 0 amide bonds. The van der Waals surface area contributed by atoms with Gasteiger partial charge in [0.05, 0.1) is 0 Å². The average molecular weight is 210 g/mol. The zero-order valence-electron chi connectivity index (χ0n) is 8.22. The van der Waals surface area contributed by atoms with Crippen LogP contribution >= 0.6 is 0 Å². The molecule has 2 aromatic rings. The summed E-state index contributed by atoms with van der Waals surface area (Å²) in [5.74, 6) is 6.48. The summed E-state index contributed by atoms with van der Waals surface area (Å²) in [7, 11) is 3.34. The molecule has 4 N–H and O–H groups in total. The maximum Gasteiger partial charge on any atom is 0.245 e. The van der Waals surface area contributed by atoms with Crippen LogP contribution in [0.25, 0.3) is 11.3 Å². The summed E-state index contributed by atoms with van der Waals surface area (Å²) >= 11 is 0. The molecule has 0 atom stereocenters. The summed E-state index contributed by atoms with van der Waals surface area (Å²) < 4.78 is 4.50. The molecule has 80 valence electrons. The van der Waals surface area contributed by atoms with Crippen LogP contribution < -0.4 is 21.7 Å². The first kappa shape index (κ1) is 9.55. The lowest BCUT2D eigenvalue weighted by Gasteiger charge is -2.14. The SMILES string of the molecule is CNNc1nc2nonc2nc1N(C)N.